The van der Waals surface area contributed by atoms with Crippen LogP contribution < -0.4 is 0 Å². The number of rotatable bonds is 2. The summed E-state index contributed by atoms with van der Waals surface area (Å²) in [6.07, 6.45) is 2.27. The summed E-state index contributed by atoms with van der Waals surface area (Å²) in [5, 5.41) is 9.35. The minimum Gasteiger partial charge on any atom is -0.341 e. The van der Waals surface area contributed by atoms with Crippen LogP contribution in [0.2, 0.25) is 0 Å². The van der Waals surface area contributed by atoms with Crippen LogP contribution in [0.25, 0.3) is 0 Å². The first kappa shape index (κ1) is 18.8. The number of amides is 1. The first-order chi connectivity index (χ1) is 13.1. The summed E-state index contributed by atoms with van der Waals surface area (Å²) in [5.74, 6) is -3.81. The second-order valence-electron chi connectivity index (χ2n) is 9.05. The third-order valence-electron chi connectivity index (χ3n) is 6.52. The van der Waals surface area contributed by atoms with Crippen LogP contribution in [-0.4, -0.2) is 35.6 Å². The van der Waals surface area contributed by atoms with Crippen molar-refractivity contribution < 1.29 is 18.4 Å². The van der Waals surface area contributed by atoms with Crippen LogP contribution in [0.5, 0.6) is 0 Å². The fraction of sp³-hybridized carbons (Fsp3) is 0.500. The molecule has 4 rings (SSSR count). The van der Waals surface area contributed by atoms with Gasteiger partial charge in [0.25, 0.3) is 5.92 Å². The molecule has 1 amide bonds. The summed E-state index contributed by atoms with van der Waals surface area (Å²) in [6.45, 7) is 4.21. The number of nitrogens with zero attached hydrogens (tertiary/aromatic N) is 2. The van der Waals surface area contributed by atoms with Gasteiger partial charge in [0.2, 0.25) is 5.91 Å². The zero-order chi connectivity index (χ0) is 20.4. The maximum Gasteiger partial charge on any atom is 0.268 e. The molecule has 3 aliphatic rings. The van der Waals surface area contributed by atoms with E-state index in [0.717, 1.165) is 0 Å². The van der Waals surface area contributed by atoms with Gasteiger partial charge in [0.05, 0.1) is 5.57 Å². The number of nitriles is 1. The maximum atomic E-state index is 14.4. The molecule has 28 heavy (non-hydrogen) atoms. The van der Waals surface area contributed by atoms with Crippen LogP contribution in [0.3, 0.4) is 0 Å². The highest BCUT2D eigenvalue weighted by Crippen LogP contribution is 2.63. The van der Waals surface area contributed by atoms with Crippen LogP contribution in [0, 0.1) is 22.2 Å². The SMILES string of the molecule is CC1(C)C[C@@]2(C=C(C#N)C1=O)CCN(C(=O)C1(c3ccccc3)CC1(F)F)C2. The Balaban J connectivity index is 1.65. The van der Waals surface area contributed by atoms with E-state index >= 15 is 0 Å². The molecule has 1 unspecified atom stereocenters. The Kier molecular flexibility index (Phi) is 3.85. The summed E-state index contributed by atoms with van der Waals surface area (Å²) in [7, 11) is 0. The molecule has 1 spiro atoms. The van der Waals surface area contributed by atoms with E-state index in [1.165, 1.54) is 4.90 Å². The Morgan fingerprint density at radius 2 is 1.82 bits per heavy atom. The zero-order valence-electron chi connectivity index (χ0n) is 16.0. The quantitative estimate of drug-likeness (QED) is 0.782. The highest BCUT2D eigenvalue weighted by atomic mass is 19.3. The molecule has 1 heterocycles. The van der Waals surface area contributed by atoms with E-state index in [-0.39, 0.29) is 17.9 Å². The number of halogens is 2. The Labute approximate surface area is 162 Å². The van der Waals surface area contributed by atoms with Crippen molar-refractivity contribution in [3.05, 3.63) is 47.5 Å². The molecule has 0 aromatic heterocycles. The summed E-state index contributed by atoms with van der Waals surface area (Å²) >= 11 is 0. The number of alkyl halides is 2. The van der Waals surface area contributed by atoms with Gasteiger partial charge in [0.15, 0.2) is 5.78 Å². The summed E-state index contributed by atoms with van der Waals surface area (Å²) in [5.41, 5.74) is -2.56. The summed E-state index contributed by atoms with van der Waals surface area (Å²) < 4.78 is 28.8. The lowest BCUT2D eigenvalue weighted by molar-refractivity contribution is -0.136. The van der Waals surface area contributed by atoms with Crippen LogP contribution >= 0.6 is 0 Å². The van der Waals surface area contributed by atoms with Crippen molar-refractivity contribution in [2.75, 3.05) is 13.1 Å². The van der Waals surface area contributed by atoms with Gasteiger partial charge >= 0.3 is 0 Å². The molecule has 2 atom stereocenters. The summed E-state index contributed by atoms with van der Waals surface area (Å²) in [4.78, 5) is 27.1. The summed E-state index contributed by atoms with van der Waals surface area (Å²) in [6, 6.07) is 10.2. The average molecular weight is 384 g/mol. The van der Waals surface area contributed by atoms with E-state index in [1.54, 1.807) is 50.3 Å². The molecule has 146 valence electrons. The Morgan fingerprint density at radius 1 is 1.18 bits per heavy atom. The van der Waals surface area contributed by atoms with Crippen molar-refractivity contribution in [2.45, 2.75) is 44.4 Å². The molecule has 1 aliphatic heterocycles. The minimum absolute atomic E-state index is 0.111. The van der Waals surface area contributed by atoms with Gasteiger partial charge in [-0.05, 0) is 18.4 Å². The molecule has 1 saturated heterocycles. The molecule has 4 nitrogen and oxygen atoms in total. The molecular formula is C22H22F2N2O2. The standard InChI is InChI=1S/C22H22F2N2O2/c1-19(2)12-20(10-15(11-25)17(19)27)8-9-26(14-20)18(28)21(13-22(21,23)24)16-6-4-3-5-7-16/h3-7,10H,8-9,12-14H2,1-2H3/t20-,21?/m0/s1. The van der Waals surface area contributed by atoms with Gasteiger partial charge in [-0.15, -0.1) is 0 Å². The van der Waals surface area contributed by atoms with E-state index in [4.69, 9.17) is 0 Å². The normalized spacial score (nSPS) is 32.8. The lowest BCUT2D eigenvalue weighted by Crippen LogP contribution is -2.44. The molecule has 1 aromatic carbocycles. The van der Waals surface area contributed by atoms with E-state index < -0.39 is 34.5 Å². The van der Waals surface area contributed by atoms with Crippen molar-refractivity contribution in [3.8, 4) is 6.07 Å². The van der Waals surface area contributed by atoms with E-state index in [0.29, 0.717) is 24.9 Å². The van der Waals surface area contributed by atoms with Crippen molar-refractivity contribution >= 4 is 11.7 Å². The van der Waals surface area contributed by atoms with Gasteiger partial charge < -0.3 is 4.90 Å². The van der Waals surface area contributed by atoms with Crippen molar-refractivity contribution in [3.63, 3.8) is 0 Å². The Morgan fingerprint density at radius 3 is 2.39 bits per heavy atom. The fourth-order valence-electron chi connectivity index (χ4n) is 5.11. The second-order valence-corrected chi connectivity index (χ2v) is 9.05. The molecular weight excluding hydrogens is 362 g/mol. The third-order valence-corrected chi connectivity index (χ3v) is 6.52. The molecule has 1 saturated carbocycles. The second kappa shape index (κ2) is 5.73. The van der Waals surface area contributed by atoms with Gasteiger partial charge in [-0.2, -0.15) is 5.26 Å². The number of Topliss-reactive ketones (excluding diaryl/α,β-unsaturated/α-hetero) is 1. The Hall–Kier alpha value is -2.55. The predicted molar refractivity (Wildman–Crippen MR) is 98.4 cm³/mol. The molecule has 0 bridgehead atoms. The highest BCUT2D eigenvalue weighted by Gasteiger charge is 2.77. The average Bonchev–Trinajstić information content (AvgIpc) is 3.03. The molecule has 6 heteroatoms. The number of carbonyl (C=O) groups is 2. The molecule has 2 fully saturated rings. The van der Waals surface area contributed by atoms with Crippen LogP contribution in [0.1, 0.15) is 38.7 Å². The van der Waals surface area contributed by atoms with Gasteiger partial charge in [-0.25, -0.2) is 8.78 Å². The first-order valence-electron chi connectivity index (χ1n) is 9.48. The number of benzene rings is 1. The van der Waals surface area contributed by atoms with Crippen LogP contribution in [0.15, 0.2) is 42.0 Å². The number of hydrogen-bond acceptors (Lipinski definition) is 3. The lowest BCUT2D eigenvalue weighted by atomic mass is 9.64. The van der Waals surface area contributed by atoms with Crippen molar-refractivity contribution in [1.82, 2.24) is 4.90 Å². The Bertz CT molecular complexity index is 932. The van der Waals surface area contributed by atoms with E-state index in [2.05, 4.69) is 0 Å². The van der Waals surface area contributed by atoms with Gasteiger partial charge in [-0.3, -0.25) is 9.59 Å². The number of hydrogen-bond donors (Lipinski definition) is 0. The number of ketones is 1. The van der Waals surface area contributed by atoms with Gasteiger partial charge in [0.1, 0.15) is 11.5 Å². The highest BCUT2D eigenvalue weighted by molar-refractivity contribution is 6.03. The van der Waals surface area contributed by atoms with Gasteiger partial charge in [0, 0.05) is 30.3 Å². The fourth-order valence-corrected chi connectivity index (χ4v) is 5.11. The first-order valence-corrected chi connectivity index (χ1v) is 9.48. The monoisotopic (exact) mass is 384 g/mol. The number of carbonyl (C=O) groups excluding carboxylic acids is 2. The molecule has 2 aliphatic carbocycles. The van der Waals surface area contributed by atoms with Crippen molar-refractivity contribution in [1.29, 1.82) is 5.26 Å². The number of allylic oxidation sites excluding steroid dienone is 1. The molecule has 1 aromatic rings. The van der Waals surface area contributed by atoms with Crippen LogP contribution in [0.4, 0.5) is 8.78 Å². The van der Waals surface area contributed by atoms with Crippen molar-refractivity contribution in [2.24, 2.45) is 10.8 Å². The molecule has 0 N–H and O–H groups in total. The predicted octanol–water partition coefficient (Wildman–Crippen LogP) is 3.63. The van der Waals surface area contributed by atoms with Gasteiger partial charge in [-0.1, -0.05) is 50.3 Å². The smallest absolute Gasteiger partial charge is 0.268 e. The zero-order valence-corrected chi connectivity index (χ0v) is 16.0. The van der Waals surface area contributed by atoms with E-state index in [9.17, 15) is 23.6 Å². The lowest BCUT2D eigenvalue weighted by Gasteiger charge is -2.38. The van der Waals surface area contributed by atoms with E-state index in [1.807, 2.05) is 6.07 Å². The van der Waals surface area contributed by atoms with Crippen LogP contribution in [-0.2, 0) is 15.0 Å². The largest absolute Gasteiger partial charge is 0.341 e. The maximum absolute atomic E-state index is 14.4. The topological polar surface area (TPSA) is 61.2 Å². The third kappa shape index (κ3) is 2.52. The minimum atomic E-state index is -3.06. The molecule has 0 radical (unpaired) electrons. The number of likely N-dealkylation sites (tertiary alicyclic amines) is 1.